The number of unbranched alkanes of at least 4 members (excludes halogenated alkanes) is 4. The van der Waals surface area contributed by atoms with Gasteiger partial charge < -0.3 is 35.8 Å². The van der Waals surface area contributed by atoms with Gasteiger partial charge in [0.2, 0.25) is 0 Å². The maximum absolute atomic E-state index is 11.9. The van der Waals surface area contributed by atoms with Gasteiger partial charge in [0.1, 0.15) is 5.75 Å². The van der Waals surface area contributed by atoms with E-state index in [0.717, 1.165) is 77.2 Å². The standard InChI is InChI=1S/C28H39N3O6.C2H4O2/c32-20-23-17-22(11-12-25(23)33)26(34)18-29-13-4-2-6-15-37-14-5-1-3-8-21-9-7-10-24(16-21)31-27(35)19-30-28(31)36;1-2(3)4/h7,9-12,16-17,26,29,32-34H,1-6,8,13-15,18-20H2,(H,30,36);1H3,(H,3,4)/t26-;/m0./s1. The molecule has 1 fully saturated rings. The van der Waals surface area contributed by atoms with Gasteiger partial charge in [-0.25, -0.2) is 9.69 Å². The van der Waals surface area contributed by atoms with Crippen molar-refractivity contribution in [3.05, 3.63) is 59.2 Å². The first kappa shape index (κ1) is 33.7. The van der Waals surface area contributed by atoms with Crippen LogP contribution in [-0.4, -0.2) is 71.2 Å². The Morgan fingerprint density at radius 1 is 1.05 bits per heavy atom. The molecular formula is C30H43N3O8. The Hall–Kier alpha value is -3.51. The van der Waals surface area contributed by atoms with Crippen molar-refractivity contribution in [2.45, 2.75) is 64.6 Å². The number of aliphatic carboxylic acids is 1. The molecule has 11 heteroatoms. The van der Waals surface area contributed by atoms with Gasteiger partial charge in [0.25, 0.3) is 11.9 Å². The second-order valence-corrected chi connectivity index (χ2v) is 9.83. The van der Waals surface area contributed by atoms with Crippen molar-refractivity contribution in [2.24, 2.45) is 0 Å². The van der Waals surface area contributed by atoms with Crippen LogP contribution in [0.5, 0.6) is 5.75 Å². The first-order valence-corrected chi connectivity index (χ1v) is 14.0. The fraction of sp³-hybridized carbons (Fsp3) is 0.500. The van der Waals surface area contributed by atoms with E-state index in [2.05, 4.69) is 10.6 Å². The zero-order valence-electron chi connectivity index (χ0n) is 23.7. The molecular weight excluding hydrogens is 530 g/mol. The number of nitrogens with zero attached hydrogens (tertiary/aromatic N) is 1. The minimum absolute atomic E-state index is 0.0321. The molecule has 1 saturated heterocycles. The molecule has 226 valence electrons. The minimum Gasteiger partial charge on any atom is -0.508 e. The number of carboxylic acid groups (broad SMARTS) is 1. The molecule has 0 unspecified atom stereocenters. The topological polar surface area (TPSA) is 169 Å². The lowest BCUT2D eigenvalue weighted by atomic mass is 10.1. The van der Waals surface area contributed by atoms with E-state index in [-0.39, 0.29) is 30.8 Å². The van der Waals surface area contributed by atoms with Gasteiger partial charge >= 0.3 is 6.03 Å². The van der Waals surface area contributed by atoms with Gasteiger partial charge in [-0.05, 0) is 80.5 Å². The SMILES string of the molecule is CC(=O)O.O=C1CNC(=O)N1c1cccc(CCCCCOCCCCCNC[C@H](O)c2ccc(O)c(CO)c2)c1. The fourth-order valence-corrected chi connectivity index (χ4v) is 4.27. The average molecular weight is 574 g/mol. The smallest absolute Gasteiger partial charge is 0.329 e. The number of phenols is 1. The van der Waals surface area contributed by atoms with Crippen LogP contribution in [0.3, 0.4) is 0 Å². The van der Waals surface area contributed by atoms with Crippen LogP contribution in [0.4, 0.5) is 10.5 Å². The summed E-state index contributed by atoms with van der Waals surface area (Å²) >= 11 is 0. The van der Waals surface area contributed by atoms with Crippen molar-refractivity contribution >= 4 is 23.6 Å². The van der Waals surface area contributed by atoms with E-state index in [0.29, 0.717) is 23.4 Å². The number of hydrogen-bond donors (Lipinski definition) is 6. The van der Waals surface area contributed by atoms with Crippen molar-refractivity contribution in [3.63, 3.8) is 0 Å². The van der Waals surface area contributed by atoms with Crippen LogP contribution in [-0.2, 0) is 27.4 Å². The Morgan fingerprint density at radius 2 is 1.76 bits per heavy atom. The molecule has 3 rings (SSSR count). The molecule has 2 aromatic carbocycles. The van der Waals surface area contributed by atoms with E-state index in [1.54, 1.807) is 18.2 Å². The lowest BCUT2D eigenvalue weighted by Crippen LogP contribution is -2.30. The summed E-state index contributed by atoms with van der Waals surface area (Å²) in [6.07, 6.45) is 6.33. The summed E-state index contributed by atoms with van der Waals surface area (Å²) in [6.45, 7) is 3.59. The first-order chi connectivity index (χ1) is 19.7. The Labute approximate surface area is 241 Å². The predicted molar refractivity (Wildman–Crippen MR) is 155 cm³/mol. The summed E-state index contributed by atoms with van der Waals surface area (Å²) in [7, 11) is 0. The molecule has 2 aromatic rings. The normalized spacial score (nSPS) is 13.5. The maximum atomic E-state index is 11.9. The Bertz CT molecular complexity index is 1090. The van der Waals surface area contributed by atoms with Crippen LogP contribution in [0.25, 0.3) is 0 Å². The van der Waals surface area contributed by atoms with Crippen molar-refractivity contribution in [3.8, 4) is 5.75 Å². The third-order valence-electron chi connectivity index (χ3n) is 6.40. The highest BCUT2D eigenvalue weighted by Crippen LogP contribution is 2.22. The number of carboxylic acids is 1. The molecule has 0 aliphatic carbocycles. The molecule has 0 aromatic heterocycles. The molecule has 11 nitrogen and oxygen atoms in total. The van der Waals surface area contributed by atoms with E-state index in [1.165, 1.54) is 11.0 Å². The van der Waals surface area contributed by atoms with Crippen molar-refractivity contribution < 1.29 is 39.5 Å². The number of anilines is 1. The number of carbonyl (C=O) groups is 3. The number of benzene rings is 2. The third kappa shape index (κ3) is 12.7. The quantitative estimate of drug-likeness (QED) is 0.123. The van der Waals surface area contributed by atoms with E-state index in [1.807, 2.05) is 18.2 Å². The van der Waals surface area contributed by atoms with Gasteiger partial charge in [-0.1, -0.05) is 24.6 Å². The Kier molecular flexibility index (Phi) is 15.4. The highest BCUT2D eigenvalue weighted by molar-refractivity contribution is 6.19. The molecule has 1 heterocycles. The van der Waals surface area contributed by atoms with Gasteiger partial charge in [0, 0.05) is 32.2 Å². The van der Waals surface area contributed by atoms with Gasteiger partial charge in [-0.2, -0.15) is 0 Å². The number of imide groups is 1. The van der Waals surface area contributed by atoms with Crippen LogP contribution in [0.2, 0.25) is 0 Å². The molecule has 0 spiro atoms. The van der Waals surface area contributed by atoms with Gasteiger partial charge in [0.05, 0.1) is 24.9 Å². The molecule has 0 bridgehead atoms. The number of urea groups is 1. The number of ether oxygens (including phenoxy) is 1. The van der Waals surface area contributed by atoms with E-state index >= 15 is 0 Å². The third-order valence-corrected chi connectivity index (χ3v) is 6.40. The lowest BCUT2D eigenvalue weighted by molar-refractivity contribution is -0.134. The van der Waals surface area contributed by atoms with Crippen molar-refractivity contribution in [1.29, 1.82) is 0 Å². The van der Waals surface area contributed by atoms with Crippen LogP contribution >= 0.6 is 0 Å². The zero-order chi connectivity index (χ0) is 30.0. The summed E-state index contributed by atoms with van der Waals surface area (Å²) in [5, 5.41) is 42.3. The molecule has 1 atom stereocenters. The highest BCUT2D eigenvalue weighted by atomic mass is 16.5. The van der Waals surface area contributed by atoms with Crippen molar-refractivity contribution in [1.82, 2.24) is 10.6 Å². The summed E-state index contributed by atoms with van der Waals surface area (Å²) < 4.78 is 5.74. The number of amides is 3. The number of hydrogen-bond acceptors (Lipinski definition) is 8. The Balaban J connectivity index is 0.00000138. The molecule has 0 radical (unpaired) electrons. The second-order valence-electron chi connectivity index (χ2n) is 9.83. The second kappa shape index (κ2) is 18.8. The summed E-state index contributed by atoms with van der Waals surface area (Å²) in [5.74, 6) is -1.03. The number of carbonyl (C=O) groups excluding carboxylic acids is 2. The molecule has 0 saturated carbocycles. The van der Waals surface area contributed by atoms with Crippen LogP contribution in [0.15, 0.2) is 42.5 Å². The number of aryl methyl sites for hydroxylation is 1. The summed E-state index contributed by atoms with van der Waals surface area (Å²) in [6, 6.07) is 12.0. The number of aliphatic hydroxyl groups excluding tert-OH is 2. The van der Waals surface area contributed by atoms with Gasteiger partial charge in [-0.15, -0.1) is 0 Å². The monoisotopic (exact) mass is 573 g/mol. The fourth-order valence-electron chi connectivity index (χ4n) is 4.27. The first-order valence-electron chi connectivity index (χ1n) is 14.0. The lowest BCUT2D eigenvalue weighted by Gasteiger charge is -2.14. The molecule has 1 aliphatic rings. The highest BCUT2D eigenvalue weighted by Gasteiger charge is 2.29. The van der Waals surface area contributed by atoms with E-state index in [4.69, 9.17) is 14.6 Å². The van der Waals surface area contributed by atoms with E-state index in [9.17, 15) is 24.9 Å². The van der Waals surface area contributed by atoms with Gasteiger partial charge in [0.15, 0.2) is 0 Å². The number of nitrogens with one attached hydrogen (secondary N) is 2. The number of rotatable bonds is 17. The Morgan fingerprint density at radius 3 is 2.41 bits per heavy atom. The van der Waals surface area contributed by atoms with Crippen LogP contribution in [0.1, 0.15) is 68.2 Å². The molecule has 6 N–H and O–H groups in total. The van der Waals surface area contributed by atoms with Crippen LogP contribution < -0.4 is 15.5 Å². The molecule has 41 heavy (non-hydrogen) atoms. The zero-order valence-corrected chi connectivity index (χ0v) is 23.7. The van der Waals surface area contributed by atoms with Crippen molar-refractivity contribution in [2.75, 3.05) is 37.7 Å². The van der Waals surface area contributed by atoms with Gasteiger partial charge in [-0.3, -0.25) is 9.59 Å². The predicted octanol–water partition coefficient (Wildman–Crippen LogP) is 3.25. The summed E-state index contributed by atoms with van der Waals surface area (Å²) in [5.41, 5.74) is 2.82. The maximum Gasteiger partial charge on any atom is 0.329 e. The average Bonchev–Trinajstić information content (AvgIpc) is 3.28. The van der Waals surface area contributed by atoms with Crippen LogP contribution in [0, 0.1) is 0 Å². The minimum atomic E-state index is -0.833. The summed E-state index contributed by atoms with van der Waals surface area (Å²) in [4.78, 5) is 33.9. The van der Waals surface area contributed by atoms with E-state index < -0.39 is 12.1 Å². The number of aliphatic hydroxyl groups is 2. The molecule has 3 amide bonds. The number of aromatic hydroxyl groups is 1. The molecule has 1 aliphatic heterocycles. The largest absolute Gasteiger partial charge is 0.508 e.